The van der Waals surface area contributed by atoms with Crippen LogP contribution in [0.2, 0.25) is 0 Å². The molecule has 0 bridgehead atoms. The van der Waals surface area contributed by atoms with Crippen molar-refractivity contribution >= 4 is 54.3 Å². The minimum atomic E-state index is 0.599. The van der Waals surface area contributed by atoms with Crippen LogP contribution in [0.25, 0.3) is 99.5 Å². The number of fused-ring (bicyclic) bond motifs is 7. The van der Waals surface area contributed by atoms with Crippen LogP contribution in [0.3, 0.4) is 0 Å². The molecule has 8 aromatic carbocycles. The standard InChI is InChI=1S/C45H27N3O/c1-2-13-30(14-3-1)43-46-44(37-19-10-15-28-11-4-7-17-35(28)37)48-45(47-43)39-26-33(27-41-42(39)38-18-8-9-20-40(38)49-41)31-23-24-36-32(25-31)22-21-29-12-5-6-16-34(29)36/h1-27H. The van der Waals surface area contributed by atoms with E-state index in [9.17, 15) is 0 Å². The third-order valence-corrected chi connectivity index (χ3v) is 9.50. The summed E-state index contributed by atoms with van der Waals surface area (Å²) in [4.78, 5) is 15.5. The molecular formula is C45H27N3O. The maximum Gasteiger partial charge on any atom is 0.164 e. The van der Waals surface area contributed by atoms with Crippen LogP contribution < -0.4 is 0 Å². The van der Waals surface area contributed by atoms with Crippen molar-refractivity contribution in [2.75, 3.05) is 0 Å². The largest absolute Gasteiger partial charge is 0.456 e. The average Bonchev–Trinajstić information content (AvgIpc) is 3.56. The summed E-state index contributed by atoms with van der Waals surface area (Å²) in [5.41, 5.74) is 6.54. The number of hydrogen-bond acceptors (Lipinski definition) is 4. The topological polar surface area (TPSA) is 51.8 Å². The van der Waals surface area contributed by atoms with Crippen LogP contribution in [-0.2, 0) is 0 Å². The third-order valence-electron chi connectivity index (χ3n) is 9.50. The maximum absolute atomic E-state index is 6.54. The Kier molecular flexibility index (Phi) is 6.15. The van der Waals surface area contributed by atoms with E-state index in [2.05, 4.69) is 115 Å². The molecule has 0 spiro atoms. The second kappa shape index (κ2) is 11.0. The average molecular weight is 626 g/mol. The predicted octanol–water partition coefficient (Wildman–Crippen LogP) is 11.9. The van der Waals surface area contributed by atoms with Crippen LogP contribution in [0.1, 0.15) is 0 Å². The molecule has 4 nitrogen and oxygen atoms in total. The van der Waals surface area contributed by atoms with Crippen molar-refractivity contribution in [2.24, 2.45) is 0 Å². The molecule has 0 unspecified atom stereocenters. The zero-order chi connectivity index (χ0) is 32.3. The predicted molar refractivity (Wildman–Crippen MR) is 201 cm³/mol. The number of aromatic nitrogens is 3. The Balaban J connectivity index is 1.25. The van der Waals surface area contributed by atoms with Gasteiger partial charge in [-0.25, -0.2) is 15.0 Å². The van der Waals surface area contributed by atoms with Crippen molar-refractivity contribution < 1.29 is 4.42 Å². The van der Waals surface area contributed by atoms with Crippen LogP contribution in [-0.4, -0.2) is 15.0 Å². The van der Waals surface area contributed by atoms with Gasteiger partial charge >= 0.3 is 0 Å². The zero-order valence-electron chi connectivity index (χ0n) is 26.3. The Morgan fingerprint density at radius 1 is 0.327 bits per heavy atom. The van der Waals surface area contributed by atoms with Crippen LogP contribution in [0, 0.1) is 0 Å². The van der Waals surface area contributed by atoms with Crippen molar-refractivity contribution in [2.45, 2.75) is 0 Å². The van der Waals surface area contributed by atoms with Crippen molar-refractivity contribution in [3.05, 3.63) is 164 Å². The van der Waals surface area contributed by atoms with Gasteiger partial charge in [-0.2, -0.15) is 0 Å². The molecule has 49 heavy (non-hydrogen) atoms. The van der Waals surface area contributed by atoms with Crippen molar-refractivity contribution in [1.82, 2.24) is 15.0 Å². The summed E-state index contributed by atoms with van der Waals surface area (Å²) in [7, 11) is 0. The Morgan fingerprint density at radius 2 is 0.959 bits per heavy atom. The van der Waals surface area contributed by atoms with Gasteiger partial charge in [0, 0.05) is 27.5 Å². The molecule has 228 valence electrons. The highest BCUT2D eigenvalue weighted by Crippen LogP contribution is 2.41. The normalized spacial score (nSPS) is 11.7. The van der Waals surface area contributed by atoms with Gasteiger partial charge in [-0.3, -0.25) is 0 Å². The minimum absolute atomic E-state index is 0.599. The highest BCUT2D eigenvalue weighted by atomic mass is 16.3. The molecule has 0 N–H and O–H groups in total. The molecule has 10 aromatic rings. The van der Waals surface area contributed by atoms with Gasteiger partial charge in [-0.15, -0.1) is 0 Å². The Morgan fingerprint density at radius 3 is 1.82 bits per heavy atom. The summed E-state index contributed by atoms with van der Waals surface area (Å²) in [5.74, 6) is 1.85. The summed E-state index contributed by atoms with van der Waals surface area (Å²) in [5, 5.41) is 9.15. The molecular weight excluding hydrogens is 599 g/mol. The molecule has 0 radical (unpaired) electrons. The van der Waals surface area contributed by atoms with E-state index in [0.717, 1.165) is 60.5 Å². The van der Waals surface area contributed by atoms with Crippen LogP contribution in [0.4, 0.5) is 0 Å². The van der Waals surface area contributed by atoms with Crippen LogP contribution >= 0.6 is 0 Å². The number of nitrogens with zero attached hydrogens (tertiary/aromatic N) is 3. The van der Waals surface area contributed by atoms with E-state index in [1.165, 1.54) is 21.5 Å². The molecule has 0 aliphatic rings. The number of rotatable bonds is 4. The van der Waals surface area contributed by atoms with E-state index < -0.39 is 0 Å². The number of hydrogen-bond donors (Lipinski definition) is 0. The monoisotopic (exact) mass is 625 g/mol. The smallest absolute Gasteiger partial charge is 0.164 e. The van der Waals surface area contributed by atoms with Gasteiger partial charge in [0.2, 0.25) is 0 Å². The first-order valence-corrected chi connectivity index (χ1v) is 16.4. The summed E-state index contributed by atoms with van der Waals surface area (Å²) in [6.45, 7) is 0. The first kappa shape index (κ1) is 27.5. The Hall–Kier alpha value is -6.65. The fraction of sp³-hybridized carbons (Fsp3) is 0. The lowest BCUT2D eigenvalue weighted by atomic mass is 9.95. The third kappa shape index (κ3) is 4.57. The summed E-state index contributed by atoms with van der Waals surface area (Å²) in [6.07, 6.45) is 0. The van der Waals surface area contributed by atoms with Crippen molar-refractivity contribution in [1.29, 1.82) is 0 Å². The van der Waals surface area contributed by atoms with Crippen molar-refractivity contribution in [3.63, 3.8) is 0 Å². The Bertz CT molecular complexity index is 2890. The highest BCUT2D eigenvalue weighted by Gasteiger charge is 2.20. The van der Waals surface area contributed by atoms with E-state index in [1.807, 2.05) is 48.5 Å². The lowest BCUT2D eigenvalue weighted by Gasteiger charge is -2.12. The molecule has 0 aliphatic heterocycles. The highest BCUT2D eigenvalue weighted by molar-refractivity contribution is 6.14. The maximum atomic E-state index is 6.54. The van der Waals surface area contributed by atoms with Gasteiger partial charge in [0.05, 0.1) is 0 Å². The van der Waals surface area contributed by atoms with Gasteiger partial charge in [-0.05, 0) is 67.7 Å². The zero-order valence-corrected chi connectivity index (χ0v) is 26.3. The second-order valence-electron chi connectivity index (χ2n) is 12.4. The van der Waals surface area contributed by atoms with Gasteiger partial charge < -0.3 is 4.42 Å². The Labute approximate surface area is 282 Å². The van der Waals surface area contributed by atoms with Crippen molar-refractivity contribution in [3.8, 4) is 45.3 Å². The number of benzene rings is 8. The summed E-state index contributed by atoms with van der Waals surface area (Å²) in [6, 6.07) is 56.9. The molecule has 0 fully saturated rings. The molecule has 4 heteroatoms. The lowest BCUT2D eigenvalue weighted by molar-refractivity contribution is 0.669. The van der Waals surface area contributed by atoms with E-state index in [4.69, 9.17) is 19.4 Å². The fourth-order valence-electron chi connectivity index (χ4n) is 7.14. The quantitative estimate of drug-likeness (QED) is 0.183. The van der Waals surface area contributed by atoms with Gasteiger partial charge in [0.25, 0.3) is 0 Å². The van der Waals surface area contributed by atoms with E-state index in [1.54, 1.807) is 0 Å². The van der Waals surface area contributed by atoms with Gasteiger partial charge in [0.15, 0.2) is 17.5 Å². The molecule has 2 aromatic heterocycles. The molecule has 2 heterocycles. The minimum Gasteiger partial charge on any atom is -0.456 e. The second-order valence-corrected chi connectivity index (χ2v) is 12.4. The molecule has 0 amide bonds. The first-order valence-electron chi connectivity index (χ1n) is 16.4. The molecule has 10 rings (SSSR count). The van der Waals surface area contributed by atoms with E-state index in [0.29, 0.717) is 17.5 Å². The summed E-state index contributed by atoms with van der Waals surface area (Å²) < 4.78 is 6.54. The van der Waals surface area contributed by atoms with Crippen LogP contribution in [0.15, 0.2) is 168 Å². The van der Waals surface area contributed by atoms with Gasteiger partial charge in [-0.1, -0.05) is 140 Å². The SMILES string of the molecule is c1ccc(-c2nc(-c3cccc4ccccc34)nc(-c3cc(-c4ccc5c(ccc6ccccc65)c4)cc4oc5ccccc5c34)n2)cc1. The van der Waals surface area contributed by atoms with Crippen LogP contribution in [0.5, 0.6) is 0 Å². The first-order chi connectivity index (χ1) is 24.3. The lowest BCUT2D eigenvalue weighted by Crippen LogP contribution is -2.01. The summed E-state index contributed by atoms with van der Waals surface area (Å²) >= 11 is 0. The number of furan rings is 1. The fourth-order valence-corrected chi connectivity index (χ4v) is 7.14. The molecule has 0 saturated carbocycles. The van der Waals surface area contributed by atoms with Gasteiger partial charge in [0.1, 0.15) is 11.2 Å². The van der Waals surface area contributed by atoms with E-state index in [-0.39, 0.29) is 0 Å². The number of para-hydroxylation sites is 1. The molecule has 0 saturated heterocycles. The molecule has 0 aliphatic carbocycles. The van der Waals surface area contributed by atoms with E-state index >= 15 is 0 Å². The molecule has 0 atom stereocenters.